The van der Waals surface area contributed by atoms with Crippen molar-refractivity contribution in [3.05, 3.63) is 22.7 Å². The Morgan fingerprint density at radius 1 is 1.44 bits per heavy atom. The van der Waals surface area contributed by atoms with Crippen molar-refractivity contribution in [2.75, 3.05) is 13.3 Å². The van der Waals surface area contributed by atoms with Crippen LogP contribution >= 0.6 is 11.6 Å². The molecule has 0 saturated heterocycles. The van der Waals surface area contributed by atoms with Crippen molar-refractivity contribution in [1.82, 2.24) is 5.32 Å². The normalized spacial score (nSPS) is 18.4. The number of benzene rings is 1. The summed E-state index contributed by atoms with van der Waals surface area (Å²) in [5.41, 5.74) is 0.826. The van der Waals surface area contributed by atoms with Crippen molar-refractivity contribution < 1.29 is 9.47 Å². The average molecular weight is 265 g/mol. The maximum absolute atomic E-state index is 9.22. The van der Waals surface area contributed by atoms with Gasteiger partial charge in [-0.1, -0.05) is 11.6 Å². The van der Waals surface area contributed by atoms with Gasteiger partial charge in [-0.15, -0.1) is 0 Å². The minimum absolute atomic E-state index is 0.186. The largest absolute Gasteiger partial charge is 0.454 e. The first-order valence-electron chi connectivity index (χ1n) is 6.00. The van der Waals surface area contributed by atoms with Crippen LogP contribution < -0.4 is 14.8 Å². The predicted molar refractivity (Wildman–Crippen MR) is 66.7 cm³/mol. The van der Waals surface area contributed by atoms with Gasteiger partial charge in [-0.3, -0.25) is 5.32 Å². The highest BCUT2D eigenvalue weighted by Gasteiger charge is 2.25. The van der Waals surface area contributed by atoms with E-state index in [1.54, 1.807) is 6.07 Å². The van der Waals surface area contributed by atoms with Crippen LogP contribution in [0.25, 0.3) is 0 Å². The number of fused-ring (bicyclic) bond motifs is 1. The Bertz CT molecular complexity index is 508. The van der Waals surface area contributed by atoms with Gasteiger partial charge in [-0.2, -0.15) is 5.26 Å². The molecule has 1 fully saturated rings. The van der Waals surface area contributed by atoms with Crippen LogP contribution in [0.2, 0.25) is 5.02 Å². The van der Waals surface area contributed by atoms with Gasteiger partial charge in [-0.25, -0.2) is 0 Å². The summed E-state index contributed by atoms with van der Waals surface area (Å²) in [6.07, 6.45) is 2.51. The molecular formula is C13H13ClN2O2. The Kier molecular flexibility index (Phi) is 3.02. The van der Waals surface area contributed by atoms with Crippen molar-refractivity contribution in [3.8, 4) is 17.6 Å². The minimum Gasteiger partial charge on any atom is -0.454 e. The highest BCUT2D eigenvalue weighted by atomic mass is 35.5. The SMILES string of the molecule is N#CC(NCC1CC1)c1cc(Cl)c2c(c1)OCO2. The van der Waals surface area contributed by atoms with E-state index >= 15 is 0 Å². The molecule has 18 heavy (non-hydrogen) atoms. The summed E-state index contributed by atoms with van der Waals surface area (Å²) in [4.78, 5) is 0. The summed E-state index contributed by atoms with van der Waals surface area (Å²) in [6.45, 7) is 1.06. The van der Waals surface area contributed by atoms with Crippen molar-refractivity contribution in [2.24, 2.45) is 5.92 Å². The first-order chi connectivity index (χ1) is 8.78. The Morgan fingerprint density at radius 3 is 3.00 bits per heavy atom. The maximum atomic E-state index is 9.22. The number of halogens is 1. The number of nitrogens with one attached hydrogen (secondary N) is 1. The fraction of sp³-hybridized carbons (Fsp3) is 0.462. The number of nitriles is 1. The fourth-order valence-electron chi connectivity index (χ4n) is 2.00. The zero-order chi connectivity index (χ0) is 12.5. The topological polar surface area (TPSA) is 54.3 Å². The third-order valence-electron chi connectivity index (χ3n) is 3.22. The molecule has 1 aliphatic carbocycles. The first-order valence-corrected chi connectivity index (χ1v) is 6.38. The van der Waals surface area contributed by atoms with E-state index in [0.29, 0.717) is 16.5 Å². The van der Waals surface area contributed by atoms with Crippen LogP contribution in [-0.4, -0.2) is 13.3 Å². The summed E-state index contributed by atoms with van der Waals surface area (Å²) in [6, 6.07) is 5.49. The summed E-state index contributed by atoms with van der Waals surface area (Å²) in [5, 5.41) is 13.0. The molecule has 94 valence electrons. The van der Waals surface area contributed by atoms with Crippen LogP contribution in [0.3, 0.4) is 0 Å². The van der Waals surface area contributed by atoms with Crippen molar-refractivity contribution >= 4 is 11.6 Å². The molecule has 0 bridgehead atoms. The molecule has 1 atom stereocenters. The van der Waals surface area contributed by atoms with Crippen LogP contribution in [-0.2, 0) is 0 Å². The van der Waals surface area contributed by atoms with Gasteiger partial charge in [0.1, 0.15) is 6.04 Å². The molecule has 0 radical (unpaired) electrons. The molecule has 0 aromatic heterocycles. The second-order valence-electron chi connectivity index (χ2n) is 4.65. The van der Waals surface area contributed by atoms with E-state index in [-0.39, 0.29) is 12.8 Å². The molecule has 5 heteroatoms. The molecule has 1 aliphatic heterocycles. The van der Waals surface area contributed by atoms with Gasteiger partial charge in [0.05, 0.1) is 11.1 Å². The molecule has 2 aliphatic rings. The Balaban J connectivity index is 1.81. The number of hydrogen-bond acceptors (Lipinski definition) is 4. The van der Waals surface area contributed by atoms with E-state index in [4.69, 9.17) is 21.1 Å². The molecule has 1 saturated carbocycles. The number of hydrogen-bond donors (Lipinski definition) is 1. The van der Waals surface area contributed by atoms with Gasteiger partial charge in [0.25, 0.3) is 0 Å². The van der Waals surface area contributed by atoms with Gasteiger partial charge in [0.2, 0.25) is 6.79 Å². The molecule has 1 aromatic rings. The van der Waals surface area contributed by atoms with Gasteiger partial charge >= 0.3 is 0 Å². The lowest BCUT2D eigenvalue weighted by Crippen LogP contribution is -2.22. The second kappa shape index (κ2) is 4.68. The average Bonchev–Trinajstić information content (AvgIpc) is 3.06. The summed E-state index contributed by atoms with van der Waals surface area (Å²) >= 11 is 6.11. The van der Waals surface area contributed by atoms with Crippen LogP contribution in [0.5, 0.6) is 11.5 Å². The van der Waals surface area contributed by atoms with E-state index in [9.17, 15) is 5.26 Å². The lowest BCUT2D eigenvalue weighted by atomic mass is 10.1. The van der Waals surface area contributed by atoms with E-state index in [1.165, 1.54) is 12.8 Å². The number of nitrogens with zero attached hydrogens (tertiary/aromatic N) is 1. The molecule has 1 N–H and O–H groups in total. The zero-order valence-corrected chi connectivity index (χ0v) is 10.5. The number of rotatable bonds is 4. The molecule has 1 unspecified atom stereocenters. The molecule has 1 heterocycles. The molecule has 0 spiro atoms. The van der Waals surface area contributed by atoms with Crippen LogP contribution in [0.1, 0.15) is 24.4 Å². The maximum Gasteiger partial charge on any atom is 0.231 e. The Hall–Kier alpha value is -1.44. The van der Waals surface area contributed by atoms with E-state index in [0.717, 1.165) is 18.0 Å². The first kappa shape index (κ1) is 11.6. The second-order valence-corrected chi connectivity index (χ2v) is 5.06. The van der Waals surface area contributed by atoms with Crippen LogP contribution in [0.4, 0.5) is 0 Å². The molecule has 0 amide bonds. The minimum atomic E-state index is -0.349. The zero-order valence-electron chi connectivity index (χ0n) is 9.78. The van der Waals surface area contributed by atoms with Crippen molar-refractivity contribution in [3.63, 3.8) is 0 Å². The molecule has 1 aromatic carbocycles. The van der Waals surface area contributed by atoms with E-state index in [1.807, 2.05) is 6.07 Å². The van der Waals surface area contributed by atoms with Crippen LogP contribution in [0, 0.1) is 17.2 Å². The molecular weight excluding hydrogens is 252 g/mol. The Labute approximate surface area is 110 Å². The smallest absolute Gasteiger partial charge is 0.231 e. The third-order valence-corrected chi connectivity index (χ3v) is 3.50. The van der Waals surface area contributed by atoms with Crippen molar-refractivity contribution in [2.45, 2.75) is 18.9 Å². The highest BCUT2D eigenvalue weighted by Crippen LogP contribution is 2.41. The Morgan fingerprint density at radius 2 is 2.28 bits per heavy atom. The van der Waals surface area contributed by atoms with Crippen LogP contribution in [0.15, 0.2) is 12.1 Å². The molecule has 3 rings (SSSR count). The summed E-state index contributed by atoms with van der Waals surface area (Å²) < 4.78 is 10.6. The molecule has 4 nitrogen and oxygen atoms in total. The summed E-state index contributed by atoms with van der Waals surface area (Å²) in [5.74, 6) is 1.91. The van der Waals surface area contributed by atoms with E-state index < -0.39 is 0 Å². The monoisotopic (exact) mass is 264 g/mol. The van der Waals surface area contributed by atoms with Crippen molar-refractivity contribution in [1.29, 1.82) is 5.26 Å². The lowest BCUT2D eigenvalue weighted by Gasteiger charge is -2.12. The third kappa shape index (κ3) is 2.24. The van der Waals surface area contributed by atoms with Gasteiger partial charge in [-0.05, 0) is 43.0 Å². The van der Waals surface area contributed by atoms with Gasteiger partial charge < -0.3 is 9.47 Å². The lowest BCUT2D eigenvalue weighted by molar-refractivity contribution is 0.174. The predicted octanol–water partition coefficient (Wildman–Crippen LogP) is 2.63. The highest BCUT2D eigenvalue weighted by molar-refractivity contribution is 6.32. The fourth-order valence-corrected chi connectivity index (χ4v) is 2.27. The van der Waals surface area contributed by atoms with Gasteiger partial charge in [0, 0.05) is 0 Å². The quantitative estimate of drug-likeness (QED) is 0.908. The number of ether oxygens (including phenoxy) is 2. The standard InChI is InChI=1S/C13H13ClN2O2/c14-10-3-9(4-12-13(10)18-7-17-12)11(5-15)16-6-8-1-2-8/h3-4,8,11,16H,1-2,6-7H2. The summed E-state index contributed by atoms with van der Waals surface area (Å²) in [7, 11) is 0. The van der Waals surface area contributed by atoms with Gasteiger partial charge in [0.15, 0.2) is 11.5 Å². The van der Waals surface area contributed by atoms with E-state index in [2.05, 4.69) is 11.4 Å².